The topological polar surface area (TPSA) is 50.4 Å². The smallest absolute Gasteiger partial charge is 0.284 e. The fourth-order valence-electron chi connectivity index (χ4n) is 1.51. The number of piperidine rings is 1. The van der Waals surface area contributed by atoms with E-state index in [4.69, 9.17) is 4.84 Å². The fourth-order valence-corrected chi connectivity index (χ4v) is 2.12. The summed E-state index contributed by atoms with van der Waals surface area (Å²) in [4.78, 5) is 17.5. The third kappa shape index (κ3) is 3.02. The number of nitrogens with one attached hydrogen (secondary N) is 2. The summed E-state index contributed by atoms with van der Waals surface area (Å²) in [5.74, 6) is -0.150. The molecule has 0 bridgehead atoms. The molecule has 1 aromatic heterocycles. The third-order valence-corrected chi connectivity index (χ3v) is 3.22. The summed E-state index contributed by atoms with van der Waals surface area (Å²) in [6.07, 6.45) is 2.05. The SMILES string of the molecule is O=C(NOC1CCNCC1)c1cccs1. The first-order valence-corrected chi connectivity index (χ1v) is 5.94. The van der Waals surface area contributed by atoms with Crippen LogP contribution in [0.2, 0.25) is 0 Å². The van der Waals surface area contributed by atoms with Crippen LogP contribution in [-0.4, -0.2) is 25.1 Å². The van der Waals surface area contributed by atoms with Crippen LogP contribution in [0.3, 0.4) is 0 Å². The van der Waals surface area contributed by atoms with E-state index in [0.29, 0.717) is 4.88 Å². The van der Waals surface area contributed by atoms with E-state index in [0.717, 1.165) is 25.9 Å². The number of amides is 1. The maximum Gasteiger partial charge on any atom is 0.284 e. The Morgan fingerprint density at radius 1 is 1.53 bits per heavy atom. The molecule has 15 heavy (non-hydrogen) atoms. The summed E-state index contributed by atoms with van der Waals surface area (Å²) in [6, 6.07) is 3.63. The van der Waals surface area contributed by atoms with Gasteiger partial charge >= 0.3 is 0 Å². The fraction of sp³-hybridized carbons (Fsp3) is 0.500. The van der Waals surface area contributed by atoms with Gasteiger partial charge < -0.3 is 5.32 Å². The second-order valence-corrected chi connectivity index (χ2v) is 4.42. The maximum atomic E-state index is 11.5. The Bertz CT molecular complexity index is 307. The van der Waals surface area contributed by atoms with Gasteiger partial charge in [0.2, 0.25) is 0 Å². The third-order valence-electron chi connectivity index (χ3n) is 2.35. The zero-order valence-electron chi connectivity index (χ0n) is 8.36. The summed E-state index contributed by atoms with van der Waals surface area (Å²) in [7, 11) is 0. The Labute approximate surface area is 92.6 Å². The first-order chi connectivity index (χ1) is 7.36. The Morgan fingerprint density at radius 3 is 3.00 bits per heavy atom. The van der Waals surface area contributed by atoms with Gasteiger partial charge in [-0.15, -0.1) is 11.3 Å². The molecule has 0 atom stereocenters. The normalized spacial score (nSPS) is 17.6. The predicted molar refractivity (Wildman–Crippen MR) is 58.8 cm³/mol. The van der Waals surface area contributed by atoms with Crippen molar-refractivity contribution < 1.29 is 9.63 Å². The zero-order valence-corrected chi connectivity index (χ0v) is 9.18. The average Bonchev–Trinajstić information content (AvgIpc) is 2.81. The molecule has 82 valence electrons. The molecule has 0 saturated carbocycles. The highest BCUT2D eigenvalue weighted by atomic mass is 32.1. The number of carbonyl (C=O) groups is 1. The molecular formula is C10H14N2O2S. The molecule has 4 nitrogen and oxygen atoms in total. The number of hydrogen-bond acceptors (Lipinski definition) is 4. The summed E-state index contributed by atoms with van der Waals surface area (Å²) >= 11 is 1.41. The minimum Gasteiger partial charge on any atom is -0.317 e. The van der Waals surface area contributed by atoms with Crippen molar-refractivity contribution in [3.63, 3.8) is 0 Å². The Hall–Kier alpha value is -0.910. The van der Waals surface area contributed by atoms with E-state index in [1.54, 1.807) is 6.07 Å². The predicted octanol–water partition coefficient (Wildman–Crippen LogP) is 1.16. The van der Waals surface area contributed by atoms with Crippen LogP contribution >= 0.6 is 11.3 Å². The Morgan fingerprint density at radius 2 is 2.33 bits per heavy atom. The van der Waals surface area contributed by atoms with E-state index in [-0.39, 0.29) is 12.0 Å². The van der Waals surface area contributed by atoms with Crippen LogP contribution in [0.1, 0.15) is 22.5 Å². The van der Waals surface area contributed by atoms with Crippen molar-refractivity contribution in [1.82, 2.24) is 10.8 Å². The van der Waals surface area contributed by atoms with Gasteiger partial charge in [0.1, 0.15) is 0 Å². The van der Waals surface area contributed by atoms with Crippen LogP contribution in [0.15, 0.2) is 17.5 Å². The van der Waals surface area contributed by atoms with Gasteiger partial charge in [0, 0.05) is 0 Å². The van der Waals surface area contributed by atoms with E-state index in [1.165, 1.54) is 11.3 Å². The summed E-state index contributed by atoms with van der Waals surface area (Å²) in [5.41, 5.74) is 2.50. The molecule has 1 aliphatic heterocycles. The molecule has 2 rings (SSSR count). The van der Waals surface area contributed by atoms with Gasteiger partial charge in [0.25, 0.3) is 5.91 Å². The largest absolute Gasteiger partial charge is 0.317 e. The molecule has 2 heterocycles. The highest BCUT2D eigenvalue weighted by Crippen LogP contribution is 2.09. The molecule has 1 aromatic rings. The second kappa shape index (κ2) is 5.25. The number of rotatable bonds is 3. The lowest BCUT2D eigenvalue weighted by molar-refractivity contribution is -0.0280. The van der Waals surface area contributed by atoms with E-state index in [9.17, 15) is 4.79 Å². The number of hydroxylamine groups is 1. The Kier molecular flexibility index (Phi) is 3.71. The van der Waals surface area contributed by atoms with Crippen LogP contribution in [0.4, 0.5) is 0 Å². The average molecular weight is 226 g/mol. The van der Waals surface area contributed by atoms with Crippen LogP contribution in [0, 0.1) is 0 Å². The highest BCUT2D eigenvalue weighted by molar-refractivity contribution is 7.12. The molecule has 0 aliphatic carbocycles. The van der Waals surface area contributed by atoms with E-state index >= 15 is 0 Å². The molecule has 0 spiro atoms. The number of carbonyl (C=O) groups excluding carboxylic acids is 1. The molecule has 5 heteroatoms. The molecule has 0 aromatic carbocycles. The van der Waals surface area contributed by atoms with E-state index < -0.39 is 0 Å². The van der Waals surface area contributed by atoms with Gasteiger partial charge in [0.05, 0.1) is 11.0 Å². The summed E-state index contributed by atoms with van der Waals surface area (Å²) < 4.78 is 0. The van der Waals surface area contributed by atoms with Crippen molar-refractivity contribution >= 4 is 17.2 Å². The summed E-state index contributed by atoms with van der Waals surface area (Å²) in [6.45, 7) is 1.92. The monoisotopic (exact) mass is 226 g/mol. The number of hydrogen-bond donors (Lipinski definition) is 2. The van der Waals surface area contributed by atoms with E-state index in [2.05, 4.69) is 10.8 Å². The standard InChI is InChI=1S/C10H14N2O2S/c13-10(9-2-1-7-15-9)12-14-8-3-5-11-6-4-8/h1-2,7-8,11H,3-6H2,(H,12,13). The number of thiophene rings is 1. The Balaban J connectivity index is 1.75. The first kappa shape index (κ1) is 10.6. The van der Waals surface area contributed by atoms with Gasteiger partial charge in [0.15, 0.2) is 0 Å². The lowest BCUT2D eigenvalue weighted by Gasteiger charge is -2.22. The van der Waals surface area contributed by atoms with Gasteiger partial charge in [-0.05, 0) is 37.4 Å². The van der Waals surface area contributed by atoms with Crippen molar-refractivity contribution in [2.24, 2.45) is 0 Å². The van der Waals surface area contributed by atoms with E-state index in [1.807, 2.05) is 11.4 Å². The van der Waals surface area contributed by atoms with Crippen LogP contribution in [0.25, 0.3) is 0 Å². The molecule has 2 N–H and O–H groups in total. The van der Waals surface area contributed by atoms with Crippen LogP contribution in [0.5, 0.6) is 0 Å². The summed E-state index contributed by atoms with van der Waals surface area (Å²) in [5, 5.41) is 5.11. The van der Waals surface area contributed by atoms with Crippen molar-refractivity contribution in [2.75, 3.05) is 13.1 Å². The van der Waals surface area contributed by atoms with Gasteiger partial charge in [-0.1, -0.05) is 6.07 Å². The lowest BCUT2D eigenvalue weighted by Crippen LogP contribution is -2.37. The van der Waals surface area contributed by atoms with Crippen molar-refractivity contribution in [3.8, 4) is 0 Å². The zero-order chi connectivity index (χ0) is 10.5. The first-order valence-electron chi connectivity index (χ1n) is 5.06. The quantitative estimate of drug-likeness (QED) is 0.760. The molecular weight excluding hydrogens is 212 g/mol. The van der Waals surface area contributed by atoms with Gasteiger partial charge in [-0.3, -0.25) is 9.63 Å². The second-order valence-electron chi connectivity index (χ2n) is 3.48. The molecule has 0 radical (unpaired) electrons. The van der Waals surface area contributed by atoms with Gasteiger partial charge in [-0.25, -0.2) is 5.48 Å². The molecule has 1 aliphatic rings. The molecule has 1 amide bonds. The minimum atomic E-state index is -0.150. The molecule has 1 fully saturated rings. The minimum absolute atomic E-state index is 0.148. The molecule has 1 saturated heterocycles. The molecule has 0 unspecified atom stereocenters. The van der Waals surface area contributed by atoms with Crippen molar-refractivity contribution in [1.29, 1.82) is 0 Å². The van der Waals surface area contributed by atoms with Crippen LogP contribution in [-0.2, 0) is 4.84 Å². The van der Waals surface area contributed by atoms with Crippen molar-refractivity contribution in [3.05, 3.63) is 22.4 Å². The van der Waals surface area contributed by atoms with Crippen molar-refractivity contribution in [2.45, 2.75) is 18.9 Å². The lowest BCUT2D eigenvalue weighted by atomic mass is 10.1. The highest BCUT2D eigenvalue weighted by Gasteiger charge is 2.15. The van der Waals surface area contributed by atoms with Crippen LogP contribution < -0.4 is 10.8 Å². The van der Waals surface area contributed by atoms with Gasteiger partial charge in [-0.2, -0.15) is 0 Å². The maximum absolute atomic E-state index is 11.5.